The number of nitrogens with two attached hydrogens (primary N) is 1. The van der Waals surface area contributed by atoms with E-state index in [1.165, 1.54) is 11.3 Å². The smallest absolute Gasteiger partial charge is 0.272 e. The molecule has 1 aromatic carbocycles. The van der Waals surface area contributed by atoms with E-state index in [2.05, 4.69) is 31.1 Å². The summed E-state index contributed by atoms with van der Waals surface area (Å²) in [4.78, 5) is 17.6. The van der Waals surface area contributed by atoms with E-state index in [-0.39, 0.29) is 11.4 Å². The van der Waals surface area contributed by atoms with Gasteiger partial charge in [-0.2, -0.15) is 10.1 Å². The second-order valence-corrected chi connectivity index (χ2v) is 6.25. The van der Waals surface area contributed by atoms with Gasteiger partial charge >= 0.3 is 0 Å². The Morgan fingerprint density at radius 3 is 2.81 bits per heavy atom. The Labute approximate surface area is 130 Å². The standard InChI is InChI=1S/C13H8BrN5OS/c14-7-3-1-6(2-4-7)8-5-21-13-16-11-9(10(15)17-18-11)12(20)19(8)13/h1-5H,(H3,15,17,18). The van der Waals surface area contributed by atoms with Gasteiger partial charge in [-0.1, -0.05) is 28.1 Å². The average molecular weight is 362 g/mol. The summed E-state index contributed by atoms with van der Waals surface area (Å²) in [6.45, 7) is 0. The maximum Gasteiger partial charge on any atom is 0.272 e. The van der Waals surface area contributed by atoms with Crippen molar-refractivity contribution in [2.75, 3.05) is 5.73 Å². The Morgan fingerprint density at radius 2 is 2.05 bits per heavy atom. The first-order valence-electron chi connectivity index (χ1n) is 6.05. The topological polar surface area (TPSA) is 89.1 Å². The molecule has 4 aromatic rings. The van der Waals surface area contributed by atoms with Gasteiger partial charge in [-0.25, -0.2) is 0 Å². The fourth-order valence-electron chi connectivity index (χ4n) is 2.25. The fourth-order valence-corrected chi connectivity index (χ4v) is 3.40. The van der Waals surface area contributed by atoms with Crippen LogP contribution in [0.1, 0.15) is 0 Å². The maximum atomic E-state index is 12.7. The van der Waals surface area contributed by atoms with E-state index in [1.807, 2.05) is 29.6 Å². The van der Waals surface area contributed by atoms with Gasteiger partial charge in [-0.05, 0) is 17.7 Å². The number of thiazole rings is 1. The molecule has 0 bridgehead atoms. The molecular weight excluding hydrogens is 354 g/mol. The highest BCUT2D eigenvalue weighted by atomic mass is 79.9. The zero-order valence-electron chi connectivity index (χ0n) is 10.5. The average Bonchev–Trinajstić information content (AvgIpc) is 3.05. The minimum atomic E-state index is -0.208. The number of aromatic nitrogens is 4. The van der Waals surface area contributed by atoms with Crippen LogP contribution < -0.4 is 11.3 Å². The van der Waals surface area contributed by atoms with Crippen LogP contribution in [0.3, 0.4) is 0 Å². The minimum absolute atomic E-state index is 0.208. The summed E-state index contributed by atoms with van der Waals surface area (Å²) in [6.07, 6.45) is 0. The number of nitrogens with zero attached hydrogens (tertiary/aromatic N) is 3. The Balaban J connectivity index is 2.11. The third kappa shape index (κ3) is 1.79. The fraction of sp³-hybridized carbons (Fsp3) is 0. The van der Waals surface area contributed by atoms with Crippen molar-refractivity contribution in [3.8, 4) is 11.3 Å². The largest absolute Gasteiger partial charge is 0.383 e. The minimum Gasteiger partial charge on any atom is -0.383 e. The summed E-state index contributed by atoms with van der Waals surface area (Å²) in [5.41, 5.74) is 7.65. The Bertz CT molecular complexity index is 1030. The monoisotopic (exact) mass is 361 g/mol. The number of fused-ring (bicyclic) bond motifs is 2. The van der Waals surface area contributed by atoms with E-state index >= 15 is 0 Å². The van der Waals surface area contributed by atoms with Crippen LogP contribution in [-0.2, 0) is 0 Å². The van der Waals surface area contributed by atoms with Gasteiger partial charge in [0, 0.05) is 9.85 Å². The lowest BCUT2D eigenvalue weighted by Crippen LogP contribution is -2.15. The second kappa shape index (κ2) is 4.40. The van der Waals surface area contributed by atoms with Crippen molar-refractivity contribution in [1.29, 1.82) is 0 Å². The number of halogens is 1. The van der Waals surface area contributed by atoms with Crippen LogP contribution in [0.2, 0.25) is 0 Å². The third-order valence-corrected chi connectivity index (χ3v) is 4.60. The van der Waals surface area contributed by atoms with Gasteiger partial charge in [0.05, 0.1) is 5.69 Å². The molecule has 0 amide bonds. The highest BCUT2D eigenvalue weighted by molar-refractivity contribution is 9.10. The maximum absolute atomic E-state index is 12.7. The summed E-state index contributed by atoms with van der Waals surface area (Å²) in [5, 5.41) is 8.78. The van der Waals surface area contributed by atoms with E-state index in [0.717, 1.165) is 15.7 Å². The molecule has 0 saturated heterocycles. The van der Waals surface area contributed by atoms with Crippen LogP contribution in [0, 0.1) is 0 Å². The number of aromatic amines is 1. The number of nitrogens with one attached hydrogen (secondary N) is 1. The van der Waals surface area contributed by atoms with Crippen LogP contribution in [0.15, 0.2) is 38.9 Å². The zero-order chi connectivity index (χ0) is 14.6. The zero-order valence-corrected chi connectivity index (χ0v) is 12.9. The molecule has 0 aliphatic heterocycles. The van der Waals surface area contributed by atoms with Crippen LogP contribution >= 0.6 is 27.3 Å². The molecule has 0 saturated carbocycles. The lowest BCUT2D eigenvalue weighted by Gasteiger charge is -2.02. The SMILES string of the molecule is Nc1[nH]nc2nc3scc(-c4ccc(Br)cc4)n3c(=O)c12. The van der Waals surface area contributed by atoms with E-state index in [1.54, 1.807) is 4.40 Å². The van der Waals surface area contributed by atoms with Crippen molar-refractivity contribution < 1.29 is 0 Å². The molecule has 0 unspecified atom stereocenters. The normalized spacial score (nSPS) is 11.5. The van der Waals surface area contributed by atoms with E-state index in [0.29, 0.717) is 16.0 Å². The lowest BCUT2D eigenvalue weighted by molar-refractivity contribution is 1.09. The van der Waals surface area contributed by atoms with Crippen LogP contribution in [-0.4, -0.2) is 19.6 Å². The Hall–Kier alpha value is -2.19. The van der Waals surface area contributed by atoms with E-state index in [9.17, 15) is 4.79 Å². The molecule has 3 N–H and O–H groups in total. The third-order valence-electron chi connectivity index (χ3n) is 3.24. The molecule has 0 radical (unpaired) electrons. The molecular formula is C13H8BrN5OS. The van der Waals surface area contributed by atoms with Crippen LogP contribution in [0.4, 0.5) is 5.82 Å². The number of nitrogen functional groups attached to an aromatic ring is 1. The molecule has 8 heteroatoms. The second-order valence-electron chi connectivity index (χ2n) is 4.50. The van der Waals surface area contributed by atoms with Crippen molar-refractivity contribution in [2.45, 2.75) is 0 Å². The first kappa shape index (κ1) is 12.5. The number of benzene rings is 1. The van der Waals surface area contributed by atoms with Crippen molar-refractivity contribution in [2.24, 2.45) is 0 Å². The summed E-state index contributed by atoms with van der Waals surface area (Å²) < 4.78 is 2.56. The molecule has 21 heavy (non-hydrogen) atoms. The number of anilines is 1. The predicted octanol–water partition coefficient (Wildman–Crippen LogP) is 2.64. The molecule has 3 aromatic heterocycles. The summed E-state index contributed by atoms with van der Waals surface area (Å²) >= 11 is 4.80. The Kier molecular flexibility index (Phi) is 2.63. The van der Waals surface area contributed by atoms with E-state index < -0.39 is 0 Å². The molecule has 0 spiro atoms. The van der Waals surface area contributed by atoms with Crippen molar-refractivity contribution in [3.05, 3.63) is 44.5 Å². The first-order valence-corrected chi connectivity index (χ1v) is 7.72. The number of hydrogen-bond donors (Lipinski definition) is 2. The number of H-pyrrole nitrogens is 1. The quantitative estimate of drug-likeness (QED) is 0.545. The van der Waals surface area contributed by atoms with Gasteiger partial charge < -0.3 is 5.73 Å². The van der Waals surface area contributed by atoms with Crippen molar-refractivity contribution in [1.82, 2.24) is 19.6 Å². The van der Waals surface area contributed by atoms with Crippen molar-refractivity contribution in [3.63, 3.8) is 0 Å². The Morgan fingerprint density at radius 1 is 1.29 bits per heavy atom. The first-order chi connectivity index (χ1) is 10.1. The highest BCUT2D eigenvalue weighted by Gasteiger charge is 2.16. The summed E-state index contributed by atoms with van der Waals surface area (Å²) in [7, 11) is 0. The highest BCUT2D eigenvalue weighted by Crippen LogP contribution is 2.26. The summed E-state index contributed by atoms with van der Waals surface area (Å²) in [6, 6.07) is 7.76. The molecule has 0 aliphatic rings. The molecule has 0 aliphatic carbocycles. The van der Waals surface area contributed by atoms with E-state index in [4.69, 9.17) is 5.73 Å². The van der Waals surface area contributed by atoms with Gasteiger partial charge in [-0.15, -0.1) is 11.3 Å². The lowest BCUT2D eigenvalue weighted by atomic mass is 10.2. The van der Waals surface area contributed by atoms with Crippen molar-refractivity contribution >= 4 is 49.1 Å². The van der Waals surface area contributed by atoms with Gasteiger partial charge in [-0.3, -0.25) is 14.3 Å². The predicted molar refractivity (Wildman–Crippen MR) is 86.5 cm³/mol. The molecule has 0 fully saturated rings. The van der Waals surface area contributed by atoms with Gasteiger partial charge in [0.2, 0.25) is 0 Å². The van der Waals surface area contributed by atoms with Crippen LogP contribution in [0.5, 0.6) is 0 Å². The number of hydrogen-bond acceptors (Lipinski definition) is 5. The van der Waals surface area contributed by atoms with Gasteiger partial charge in [0.1, 0.15) is 11.2 Å². The molecule has 3 heterocycles. The number of rotatable bonds is 1. The van der Waals surface area contributed by atoms with Crippen LogP contribution in [0.25, 0.3) is 27.3 Å². The molecule has 4 rings (SSSR count). The summed E-state index contributed by atoms with van der Waals surface area (Å²) in [5.74, 6) is 0.241. The molecule has 104 valence electrons. The van der Waals surface area contributed by atoms with Gasteiger partial charge in [0.15, 0.2) is 10.6 Å². The molecule has 0 atom stereocenters. The van der Waals surface area contributed by atoms with Gasteiger partial charge in [0.25, 0.3) is 5.56 Å². The molecule has 6 nitrogen and oxygen atoms in total.